The molecule has 0 bridgehead atoms. The van der Waals surface area contributed by atoms with Crippen molar-refractivity contribution in [3.05, 3.63) is 35.2 Å². The molecule has 0 spiro atoms. The fourth-order valence-corrected chi connectivity index (χ4v) is 2.52. The topological polar surface area (TPSA) is 51.0 Å². The Morgan fingerprint density at radius 3 is 3.00 bits per heavy atom. The second-order valence-corrected chi connectivity index (χ2v) is 5.01. The van der Waals surface area contributed by atoms with Crippen LogP contribution in [0.3, 0.4) is 0 Å². The molecule has 100 valence electrons. The van der Waals surface area contributed by atoms with Crippen molar-refractivity contribution in [2.24, 2.45) is 0 Å². The van der Waals surface area contributed by atoms with E-state index in [4.69, 9.17) is 4.42 Å². The van der Waals surface area contributed by atoms with Crippen LogP contribution < -0.4 is 5.32 Å². The largest absolute Gasteiger partial charge is 0.419 e. The number of aryl methyl sites for hydroxylation is 2. The highest BCUT2D eigenvalue weighted by Gasteiger charge is 2.14. The molecule has 1 aromatic carbocycles. The Morgan fingerprint density at radius 1 is 1.21 bits per heavy atom. The Hall–Kier alpha value is -1.68. The Morgan fingerprint density at radius 2 is 2.11 bits per heavy atom. The van der Waals surface area contributed by atoms with Gasteiger partial charge < -0.3 is 9.73 Å². The van der Waals surface area contributed by atoms with Gasteiger partial charge >= 0.3 is 0 Å². The summed E-state index contributed by atoms with van der Waals surface area (Å²) in [6.45, 7) is 3.75. The van der Waals surface area contributed by atoms with Gasteiger partial charge in [-0.15, -0.1) is 10.2 Å². The zero-order chi connectivity index (χ0) is 13.1. The van der Waals surface area contributed by atoms with Gasteiger partial charge in [-0.2, -0.15) is 0 Å². The van der Waals surface area contributed by atoms with E-state index < -0.39 is 0 Å². The van der Waals surface area contributed by atoms with Crippen molar-refractivity contribution in [1.29, 1.82) is 0 Å². The van der Waals surface area contributed by atoms with E-state index in [0.717, 1.165) is 18.5 Å². The minimum absolute atomic E-state index is 0.628. The van der Waals surface area contributed by atoms with Crippen LogP contribution in [0.25, 0.3) is 11.5 Å². The Kier molecular flexibility index (Phi) is 3.60. The molecule has 0 saturated carbocycles. The highest BCUT2D eigenvalue weighted by molar-refractivity contribution is 5.56. The summed E-state index contributed by atoms with van der Waals surface area (Å²) in [6, 6.07) is 6.47. The summed E-state index contributed by atoms with van der Waals surface area (Å²) in [4.78, 5) is 0. The van der Waals surface area contributed by atoms with Gasteiger partial charge in [0.25, 0.3) is 0 Å². The molecule has 1 N–H and O–H groups in total. The molecule has 1 aromatic heterocycles. The van der Waals surface area contributed by atoms with E-state index in [1.54, 1.807) is 0 Å². The SMILES string of the molecule is CCCNCc1nnc(-c2ccc3c(c2)CCC3)o1. The van der Waals surface area contributed by atoms with Crippen LogP contribution in [-0.4, -0.2) is 16.7 Å². The van der Waals surface area contributed by atoms with Gasteiger partial charge in [-0.1, -0.05) is 13.0 Å². The molecule has 0 saturated heterocycles. The lowest BCUT2D eigenvalue weighted by Gasteiger charge is -2.01. The molecule has 4 heteroatoms. The lowest BCUT2D eigenvalue weighted by Crippen LogP contribution is -2.13. The number of benzene rings is 1. The van der Waals surface area contributed by atoms with Crippen LogP contribution in [0.4, 0.5) is 0 Å². The van der Waals surface area contributed by atoms with E-state index in [-0.39, 0.29) is 0 Å². The molecule has 0 radical (unpaired) electrons. The average molecular weight is 257 g/mol. The van der Waals surface area contributed by atoms with Gasteiger partial charge in [0.2, 0.25) is 11.8 Å². The highest BCUT2D eigenvalue weighted by Crippen LogP contribution is 2.27. The van der Waals surface area contributed by atoms with Crippen molar-refractivity contribution >= 4 is 0 Å². The molecule has 0 amide bonds. The van der Waals surface area contributed by atoms with Crippen molar-refractivity contribution in [3.63, 3.8) is 0 Å². The van der Waals surface area contributed by atoms with Gasteiger partial charge in [-0.3, -0.25) is 0 Å². The Labute approximate surface area is 113 Å². The standard InChI is InChI=1S/C15H19N3O/c1-2-8-16-10-14-17-18-15(19-14)13-7-6-11-4-3-5-12(11)9-13/h6-7,9,16H,2-5,8,10H2,1H3. The lowest BCUT2D eigenvalue weighted by molar-refractivity contribution is 0.477. The van der Waals surface area contributed by atoms with Crippen LogP contribution in [0.2, 0.25) is 0 Å². The van der Waals surface area contributed by atoms with E-state index >= 15 is 0 Å². The zero-order valence-corrected chi connectivity index (χ0v) is 11.3. The second-order valence-electron chi connectivity index (χ2n) is 5.01. The fourth-order valence-electron chi connectivity index (χ4n) is 2.52. The van der Waals surface area contributed by atoms with E-state index in [1.165, 1.54) is 30.4 Å². The van der Waals surface area contributed by atoms with E-state index in [1.807, 2.05) is 0 Å². The molecule has 1 heterocycles. The number of hydrogen-bond donors (Lipinski definition) is 1. The third-order valence-electron chi connectivity index (χ3n) is 3.52. The molecule has 2 aromatic rings. The van der Waals surface area contributed by atoms with Crippen molar-refractivity contribution in [2.75, 3.05) is 6.54 Å². The Balaban J connectivity index is 1.75. The molecular weight excluding hydrogens is 238 g/mol. The second kappa shape index (κ2) is 5.53. The summed E-state index contributed by atoms with van der Waals surface area (Å²) in [5, 5.41) is 11.5. The number of nitrogens with zero attached hydrogens (tertiary/aromatic N) is 2. The number of rotatable bonds is 5. The van der Waals surface area contributed by atoms with Crippen molar-refractivity contribution < 1.29 is 4.42 Å². The van der Waals surface area contributed by atoms with Crippen LogP contribution >= 0.6 is 0 Å². The number of nitrogens with one attached hydrogen (secondary N) is 1. The first-order chi connectivity index (χ1) is 9.36. The summed E-state index contributed by atoms with van der Waals surface area (Å²) in [7, 11) is 0. The number of aromatic nitrogens is 2. The predicted molar refractivity (Wildman–Crippen MR) is 73.8 cm³/mol. The Bertz CT molecular complexity index is 562. The summed E-state index contributed by atoms with van der Waals surface area (Å²) < 4.78 is 5.69. The quantitative estimate of drug-likeness (QED) is 0.837. The van der Waals surface area contributed by atoms with Crippen molar-refractivity contribution in [1.82, 2.24) is 15.5 Å². The predicted octanol–water partition coefficient (Wildman–Crippen LogP) is 2.72. The maximum Gasteiger partial charge on any atom is 0.247 e. The summed E-state index contributed by atoms with van der Waals surface area (Å²) >= 11 is 0. The molecular formula is C15H19N3O. The summed E-state index contributed by atoms with van der Waals surface area (Å²) in [6.07, 6.45) is 4.73. The van der Waals surface area contributed by atoms with Crippen LogP contribution in [0.5, 0.6) is 0 Å². The monoisotopic (exact) mass is 257 g/mol. The van der Waals surface area contributed by atoms with E-state index in [2.05, 4.69) is 40.6 Å². The zero-order valence-electron chi connectivity index (χ0n) is 11.3. The minimum atomic E-state index is 0.628. The third kappa shape index (κ3) is 2.68. The average Bonchev–Trinajstić information content (AvgIpc) is 3.06. The minimum Gasteiger partial charge on any atom is -0.419 e. The van der Waals surface area contributed by atoms with Crippen molar-refractivity contribution in [2.45, 2.75) is 39.2 Å². The first-order valence-electron chi connectivity index (χ1n) is 7.02. The van der Waals surface area contributed by atoms with Gasteiger partial charge in [0.05, 0.1) is 6.54 Å². The molecule has 1 aliphatic rings. The van der Waals surface area contributed by atoms with Crippen LogP contribution in [0.1, 0.15) is 36.8 Å². The van der Waals surface area contributed by atoms with Gasteiger partial charge in [0, 0.05) is 5.56 Å². The van der Waals surface area contributed by atoms with E-state index in [9.17, 15) is 0 Å². The van der Waals surface area contributed by atoms with Crippen LogP contribution in [0, 0.1) is 0 Å². The fraction of sp³-hybridized carbons (Fsp3) is 0.467. The molecule has 3 rings (SSSR count). The van der Waals surface area contributed by atoms with Gasteiger partial charge in [0.1, 0.15) is 0 Å². The number of fused-ring (bicyclic) bond motifs is 1. The molecule has 0 aliphatic heterocycles. The number of hydrogen-bond acceptors (Lipinski definition) is 4. The first-order valence-corrected chi connectivity index (χ1v) is 7.02. The van der Waals surface area contributed by atoms with Crippen molar-refractivity contribution in [3.8, 4) is 11.5 Å². The molecule has 19 heavy (non-hydrogen) atoms. The van der Waals surface area contributed by atoms with Crippen LogP contribution in [0.15, 0.2) is 22.6 Å². The molecule has 4 nitrogen and oxygen atoms in total. The molecule has 0 fully saturated rings. The van der Waals surface area contributed by atoms with E-state index in [0.29, 0.717) is 18.3 Å². The molecule has 0 atom stereocenters. The lowest BCUT2D eigenvalue weighted by atomic mass is 10.1. The highest BCUT2D eigenvalue weighted by atomic mass is 16.4. The smallest absolute Gasteiger partial charge is 0.247 e. The van der Waals surface area contributed by atoms with Gasteiger partial charge in [0.15, 0.2) is 0 Å². The summed E-state index contributed by atoms with van der Waals surface area (Å²) in [5.41, 5.74) is 3.93. The molecule has 1 aliphatic carbocycles. The van der Waals surface area contributed by atoms with Gasteiger partial charge in [-0.05, 0) is 55.5 Å². The maximum atomic E-state index is 5.69. The van der Waals surface area contributed by atoms with Crippen LogP contribution in [-0.2, 0) is 19.4 Å². The maximum absolute atomic E-state index is 5.69. The molecule has 0 unspecified atom stereocenters. The summed E-state index contributed by atoms with van der Waals surface area (Å²) in [5.74, 6) is 1.28. The first kappa shape index (κ1) is 12.4. The third-order valence-corrected chi connectivity index (χ3v) is 3.52. The normalized spacial score (nSPS) is 13.7. The van der Waals surface area contributed by atoms with Gasteiger partial charge in [-0.25, -0.2) is 0 Å².